The van der Waals surface area contributed by atoms with E-state index in [0.717, 1.165) is 0 Å². The predicted octanol–water partition coefficient (Wildman–Crippen LogP) is 1.31. The fraction of sp³-hybridized carbons (Fsp3) is 1.00. The fourth-order valence-corrected chi connectivity index (χ4v) is 2.60. The Hall–Kier alpha value is 0.967. The molecule has 66 valence electrons. The average Bonchev–Trinajstić information content (AvgIpc) is 1.90. The summed E-state index contributed by atoms with van der Waals surface area (Å²) in [6, 6.07) is 0. The van der Waals surface area contributed by atoms with Gasteiger partial charge in [0.05, 0.1) is 0 Å². The zero-order chi connectivity index (χ0) is 9.28. The number of hydrogen-bond acceptors (Lipinski definition) is 1. The topological polar surface area (TPSA) is 57.5 Å². The summed E-state index contributed by atoms with van der Waals surface area (Å²) in [6.45, 7) is 6.97. The van der Waals surface area contributed by atoms with Crippen LogP contribution in [0.4, 0.5) is 0 Å². The van der Waals surface area contributed by atoms with Crippen molar-refractivity contribution >= 4 is 14.1 Å². The number of hydrogen-bond donors (Lipinski definition) is 2. The average molecular weight is 212 g/mol. The molecule has 0 aromatic carbocycles. The van der Waals surface area contributed by atoms with E-state index in [1.54, 1.807) is 0 Å². The van der Waals surface area contributed by atoms with Gasteiger partial charge in [0.25, 0.3) is 14.1 Å². The van der Waals surface area contributed by atoms with Gasteiger partial charge in [-0.2, -0.15) is 0 Å². The second-order valence-corrected chi connectivity index (χ2v) is 7.44. The van der Waals surface area contributed by atoms with E-state index in [9.17, 15) is 0 Å². The molecule has 0 radical (unpaired) electrons. The van der Waals surface area contributed by atoms with E-state index in [4.69, 9.17) is 10.7 Å². The molecular weight excluding hydrogens is 195 g/mol. The van der Waals surface area contributed by atoms with E-state index in [1.807, 2.05) is 0 Å². The van der Waals surface area contributed by atoms with Gasteiger partial charge in [-0.25, -0.2) is 0 Å². The third-order valence-corrected chi connectivity index (χ3v) is 5.20. The van der Waals surface area contributed by atoms with E-state index in [2.05, 4.69) is 20.8 Å². The third-order valence-electron chi connectivity index (χ3n) is 1.73. The van der Waals surface area contributed by atoms with Crippen LogP contribution < -0.4 is 0 Å². The van der Waals surface area contributed by atoms with E-state index >= 15 is 0 Å². The second-order valence-electron chi connectivity index (χ2n) is 2.37. The summed E-state index contributed by atoms with van der Waals surface area (Å²) in [5, 5.41) is 4.48. The van der Waals surface area contributed by atoms with Gasteiger partial charge in [0.2, 0.25) is 0 Å². The molecule has 0 saturated carbocycles. The van der Waals surface area contributed by atoms with E-state index in [-0.39, 0.29) is 14.1 Å². The molecule has 0 rings (SSSR count). The van der Waals surface area contributed by atoms with Crippen molar-refractivity contribution < 1.29 is 29.3 Å². The van der Waals surface area contributed by atoms with Crippen LogP contribution in [0.5, 0.6) is 0 Å². The zero-order valence-corrected chi connectivity index (χ0v) is 10.2. The van der Waals surface area contributed by atoms with Gasteiger partial charge in [0.15, 0.2) is 0 Å². The minimum absolute atomic E-state index is 0.171. The van der Waals surface area contributed by atoms with Gasteiger partial charge in [0.1, 0.15) is 0 Å². The molecule has 0 aliphatic heterocycles. The Bertz CT molecular complexity index is 86.3. The monoisotopic (exact) mass is 212 g/mol. The van der Waals surface area contributed by atoms with Crippen LogP contribution in [0.15, 0.2) is 0 Å². The molecule has 0 amide bonds. The molecule has 0 unspecified atom stereocenters. The summed E-state index contributed by atoms with van der Waals surface area (Å²) in [5.74, 6) is 0. The molecule has 0 fully saturated rings. The van der Waals surface area contributed by atoms with Crippen molar-refractivity contribution in [3.8, 4) is 0 Å². The molecule has 0 spiro atoms. The first-order valence-electron chi connectivity index (χ1n) is 4.00. The molecule has 0 bridgehead atoms. The molecule has 2 N–H and O–H groups in total. The molecule has 0 aliphatic rings. The Morgan fingerprint density at radius 1 is 1.09 bits per heavy atom. The Balaban J connectivity index is 0. The SMILES string of the molecule is C[CH2][Al]([CH2]C)[CH2]C.[O]=[Ti]([OH])[OH]. The van der Waals surface area contributed by atoms with E-state index in [0.29, 0.717) is 0 Å². The molecule has 0 heterocycles. The summed E-state index contributed by atoms with van der Waals surface area (Å²) in [7, 11) is 0. The van der Waals surface area contributed by atoms with Gasteiger partial charge in [0, 0.05) is 0 Å². The van der Waals surface area contributed by atoms with Crippen molar-refractivity contribution in [1.29, 1.82) is 0 Å². The Morgan fingerprint density at radius 2 is 1.27 bits per heavy atom. The van der Waals surface area contributed by atoms with Crippen LogP contribution in [0, 0.1) is 0 Å². The van der Waals surface area contributed by atoms with Crippen molar-refractivity contribution in [3.63, 3.8) is 0 Å². The first-order valence-corrected chi connectivity index (χ1v) is 8.48. The van der Waals surface area contributed by atoms with Crippen molar-refractivity contribution in [2.75, 3.05) is 0 Å². The fourth-order valence-electron chi connectivity index (χ4n) is 0.866. The molecule has 0 aliphatic carbocycles. The molecule has 0 saturated heterocycles. The maximum absolute atomic E-state index is 8.81. The summed E-state index contributed by atoms with van der Waals surface area (Å²) in [5.41, 5.74) is 0. The normalized spacial score (nSPS) is 8.09. The minimum atomic E-state index is -3.58. The Kier molecular flexibility index (Phi) is 14.4. The summed E-state index contributed by atoms with van der Waals surface area (Å²) >= 11 is -3.75. The Morgan fingerprint density at radius 3 is 1.27 bits per heavy atom. The van der Waals surface area contributed by atoms with Crippen LogP contribution in [-0.4, -0.2) is 21.5 Å². The van der Waals surface area contributed by atoms with Crippen LogP contribution in [0.25, 0.3) is 0 Å². The Labute approximate surface area is 79.9 Å². The van der Waals surface area contributed by atoms with Gasteiger partial charge in [-0.1, -0.05) is 36.6 Å². The molecular formula is C6H17AlO3Ti. The summed E-state index contributed by atoms with van der Waals surface area (Å²) in [6.07, 6.45) is 0. The van der Waals surface area contributed by atoms with Crippen LogP contribution in [-0.2, 0) is 21.9 Å². The summed E-state index contributed by atoms with van der Waals surface area (Å²) in [4.78, 5) is 0. The van der Waals surface area contributed by atoms with Crippen LogP contribution >= 0.6 is 0 Å². The molecule has 5 heteroatoms. The number of rotatable bonds is 3. The maximum atomic E-state index is 8.81. The third kappa shape index (κ3) is 18.2. The first-order chi connectivity index (χ1) is 5.08. The van der Waals surface area contributed by atoms with Crippen LogP contribution in [0.2, 0.25) is 15.8 Å². The van der Waals surface area contributed by atoms with Crippen molar-refractivity contribution in [1.82, 2.24) is 0 Å². The molecule has 0 aromatic rings. The summed E-state index contributed by atoms with van der Waals surface area (Å²) < 4.78 is 23.2. The van der Waals surface area contributed by atoms with Gasteiger partial charge in [-0.3, -0.25) is 0 Å². The van der Waals surface area contributed by atoms with E-state index < -0.39 is 18.6 Å². The molecule has 3 nitrogen and oxygen atoms in total. The van der Waals surface area contributed by atoms with Crippen LogP contribution in [0.3, 0.4) is 0 Å². The van der Waals surface area contributed by atoms with E-state index in [1.165, 1.54) is 15.8 Å². The quantitative estimate of drug-likeness (QED) is 0.693. The molecule has 0 atom stereocenters. The van der Waals surface area contributed by atoms with Crippen molar-refractivity contribution in [2.45, 2.75) is 36.6 Å². The van der Waals surface area contributed by atoms with Gasteiger partial charge >= 0.3 is 29.3 Å². The van der Waals surface area contributed by atoms with Crippen molar-refractivity contribution in [3.05, 3.63) is 0 Å². The molecule has 0 aromatic heterocycles. The zero-order valence-electron chi connectivity index (χ0n) is 7.50. The van der Waals surface area contributed by atoms with Crippen molar-refractivity contribution in [2.24, 2.45) is 0 Å². The first kappa shape index (κ1) is 14.5. The van der Waals surface area contributed by atoms with Gasteiger partial charge in [-0.15, -0.1) is 0 Å². The van der Waals surface area contributed by atoms with Gasteiger partial charge in [-0.05, 0) is 0 Å². The van der Waals surface area contributed by atoms with Crippen LogP contribution in [0.1, 0.15) is 20.8 Å². The second kappa shape index (κ2) is 11.0. The predicted molar refractivity (Wildman–Crippen MR) is 42.3 cm³/mol. The standard InChI is InChI=1S/3C2H5.Al.2H2O.O.Ti/c3*1-2;;;;;/h3*1H2,2H3;;2*1H2;;/q;;;;;;;+2/p-2. The molecule has 11 heavy (non-hydrogen) atoms. The van der Waals surface area contributed by atoms with Gasteiger partial charge < -0.3 is 0 Å².